The summed E-state index contributed by atoms with van der Waals surface area (Å²) >= 11 is 0. The lowest BCUT2D eigenvalue weighted by molar-refractivity contribution is 0.0410. The molecule has 0 saturated carbocycles. The quantitative estimate of drug-likeness (QED) is 0.924. The Labute approximate surface area is 120 Å². The molecule has 108 valence electrons. The van der Waals surface area contributed by atoms with Crippen LogP contribution >= 0.6 is 0 Å². The van der Waals surface area contributed by atoms with E-state index in [-0.39, 0.29) is 0 Å². The zero-order chi connectivity index (χ0) is 13.9. The predicted octanol–water partition coefficient (Wildman–Crippen LogP) is 3.33. The Morgan fingerprint density at radius 3 is 2.95 bits per heavy atom. The maximum absolute atomic E-state index is 5.57. The van der Waals surface area contributed by atoms with Crippen LogP contribution in [0.1, 0.15) is 24.1 Å². The number of aromatic amines is 1. The number of fused-ring (bicyclic) bond motifs is 1. The third kappa shape index (κ3) is 2.89. The topological polar surface area (TPSA) is 28.3 Å². The normalized spacial score (nSPS) is 19.9. The van der Waals surface area contributed by atoms with Gasteiger partial charge in [-0.15, -0.1) is 0 Å². The van der Waals surface area contributed by atoms with Gasteiger partial charge in [0.05, 0.1) is 6.61 Å². The summed E-state index contributed by atoms with van der Waals surface area (Å²) in [6, 6.07) is 8.54. The smallest absolute Gasteiger partial charge is 0.0506 e. The van der Waals surface area contributed by atoms with Crippen molar-refractivity contribution in [2.75, 3.05) is 26.8 Å². The summed E-state index contributed by atoms with van der Waals surface area (Å²) in [6.45, 7) is 6.19. The molecule has 1 aromatic carbocycles. The van der Waals surface area contributed by atoms with Crippen LogP contribution in [-0.2, 0) is 11.3 Å². The minimum absolute atomic E-state index is 0.693. The zero-order valence-corrected chi connectivity index (χ0v) is 12.5. The SMILES string of the molecule is Cc1c(CN(C)C[C@@H]2CCCOC2)[nH]c2ccccc12. The van der Waals surface area contributed by atoms with Crippen LogP contribution < -0.4 is 0 Å². The van der Waals surface area contributed by atoms with E-state index in [1.165, 1.54) is 35.0 Å². The first-order valence-electron chi connectivity index (χ1n) is 7.56. The Bertz CT molecular complexity index is 569. The largest absolute Gasteiger partial charge is 0.381 e. The Kier molecular flexibility index (Phi) is 4.08. The number of hydrogen-bond donors (Lipinski definition) is 1. The maximum atomic E-state index is 5.57. The van der Waals surface area contributed by atoms with Crippen LogP contribution in [0.5, 0.6) is 0 Å². The third-order valence-corrected chi connectivity index (χ3v) is 4.32. The molecule has 2 aromatic rings. The molecule has 20 heavy (non-hydrogen) atoms. The van der Waals surface area contributed by atoms with Gasteiger partial charge in [-0.05, 0) is 44.4 Å². The molecule has 1 aliphatic heterocycles. The van der Waals surface area contributed by atoms with Gasteiger partial charge in [0.25, 0.3) is 0 Å². The lowest BCUT2D eigenvalue weighted by Crippen LogP contribution is -2.30. The molecule has 2 heterocycles. The molecule has 3 rings (SSSR count). The molecular weight excluding hydrogens is 248 g/mol. The van der Waals surface area contributed by atoms with Gasteiger partial charge in [-0.25, -0.2) is 0 Å². The highest BCUT2D eigenvalue weighted by molar-refractivity contribution is 5.84. The Morgan fingerprint density at radius 2 is 2.20 bits per heavy atom. The first-order chi connectivity index (χ1) is 9.74. The van der Waals surface area contributed by atoms with E-state index in [2.05, 4.69) is 48.1 Å². The monoisotopic (exact) mass is 272 g/mol. The third-order valence-electron chi connectivity index (χ3n) is 4.32. The molecule has 3 heteroatoms. The molecule has 1 atom stereocenters. The molecule has 0 unspecified atom stereocenters. The fraction of sp³-hybridized carbons (Fsp3) is 0.529. The lowest BCUT2D eigenvalue weighted by atomic mass is 10.0. The molecule has 1 aromatic heterocycles. The van der Waals surface area contributed by atoms with E-state index in [9.17, 15) is 0 Å². The average molecular weight is 272 g/mol. The summed E-state index contributed by atoms with van der Waals surface area (Å²) in [7, 11) is 2.21. The number of nitrogens with one attached hydrogen (secondary N) is 1. The summed E-state index contributed by atoms with van der Waals surface area (Å²) in [5, 5.41) is 1.34. The second-order valence-electron chi connectivity index (χ2n) is 6.05. The molecule has 1 aliphatic rings. The van der Waals surface area contributed by atoms with Gasteiger partial charge in [-0.1, -0.05) is 18.2 Å². The van der Waals surface area contributed by atoms with Crippen LogP contribution in [0.25, 0.3) is 10.9 Å². The molecule has 3 nitrogen and oxygen atoms in total. The van der Waals surface area contributed by atoms with E-state index < -0.39 is 0 Å². The maximum Gasteiger partial charge on any atom is 0.0506 e. The summed E-state index contributed by atoms with van der Waals surface area (Å²) < 4.78 is 5.57. The van der Waals surface area contributed by atoms with Crippen LogP contribution in [-0.4, -0.2) is 36.7 Å². The summed E-state index contributed by atoms with van der Waals surface area (Å²) in [4.78, 5) is 5.97. The zero-order valence-electron chi connectivity index (χ0n) is 12.5. The molecule has 0 aliphatic carbocycles. The molecular formula is C17H24N2O. The van der Waals surface area contributed by atoms with Gasteiger partial charge in [0, 0.05) is 36.3 Å². The molecule has 1 fully saturated rings. The molecule has 1 saturated heterocycles. The van der Waals surface area contributed by atoms with Crippen LogP contribution in [0.2, 0.25) is 0 Å². The van der Waals surface area contributed by atoms with Gasteiger partial charge in [0.15, 0.2) is 0 Å². The van der Waals surface area contributed by atoms with Crippen molar-refractivity contribution in [2.24, 2.45) is 5.92 Å². The van der Waals surface area contributed by atoms with E-state index in [1.807, 2.05) is 0 Å². The van der Waals surface area contributed by atoms with Crippen LogP contribution in [0.15, 0.2) is 24.3 Å². The molecule has 0 amide bonds. The summed E-state index contributed by atoms with van der Waals surface area (Å²) in [5.41, 5.74) is 3.96. The molecule has 1 N–H and O–H groups in total. The highest BCUT2D eigenvalue weighted by Crippen LogP contribution is 2.23. The van der Waals surface area contributed by atoms with Gasteiger partial charge in [0.2, 0.25) is 0 Å². The highest BCUT2D eigenvalue weighted by Gasteiger charge is 2.17. The first kappa shape index (κ1) is 13.7. The minimum Gasteiger partial charge on any atom is -0.381 e. The summed E-state index contributed by atoms with van der Waals surface area (Å²) in [6.07, 6.45) is 2.51. The van der Waals surface area contributed by atoms with E-state index >= 15 is 0 Å². The first-order valence-corrected chi connectivity index (χ1v) is 7.56. The second-order valence-corrected chi connectivity index (χ2v) is 6.05. The molecule has 0 spiro atoms. The van der Waals surface area contributed by atoms with Gasteiger partial charge in [-0.2, -0.15) is 0 Å². The van der Waals surface area contributed by atoms with Crippen molar-refractivity contribution in [1.82, 2.24) is 9.88 Å². The van der Waals surface area contributed by atoms with E-state index in [1.54, 1.807) is 0 Å². The van der Waals surface area contributed by atoms with Gasteiger partial charge in [0.1, 0.15) is 0 Å². The number of H-pyrrole nitrogens is 1. The van der Waals surface area contributed by atoms with Crippen molar-refractivity contribution in [3.8, 4) is 0 Å². The number of aryl methyl sites for hydroxylation is 1. The highest BCUT2D eigenvalue weighted by atomic mass is 16.5. The minimum atomic E-state index is 0.693. The number of ether oxygens (including phenoxy) is 1. The number of hydrogen-bond acceptors (Lipinski definition) is 2. The lowest BCUT2D eigenvalue weighted by Gasteiger charge is -2.27. The Balaban J connectivity index is 1.67. The van der Waals surface area contributed by atoms with Crippen molar-refractivity contribution < 1.29 is 4.74 Å². The Hall–Kier alpha value is -1.32. The predicted molar refractivity (Wildman–Crippen MR) is 82.9 cm³/mol. The molecule has 0 radical (unpaired) electrons. The van der Waals surface area contributed by atoms with Crippen LogP contribution in [0, 0.1) is 12.8 Å². The van der Waals surface area contributed by atoms with Gasteiger partial charge in [-0.3, -0.25) is 0 Å². The van der Waals surface area contributed by atoms with Crippen LogP contribution in [0.4, 0.5) is 0 Å². The van der Waals surface area contributed by atoms with Crippen molar-refractivity contribution in [1.29, 1.82) is 0 Å². The van der Waals surface area contributed by atoms with E-state index in [0.717, 1.165) is 26.3 Å². The Morgan fingerprint density at radius 1 is 1.35 bits per heavy atom. The van der Waals surface area contributed by atoms with Crippen LogP contribution in [0.3, 0.4) is 0 Å². The van der Waals surface area contributed by atoms with E-state index in [4.69, 9.17) is 4.74 Å². The number of nitrogens with zero attached hydrogens (tertiary/aromatic N) is 1. The number of para-hydroxylation sites is 1. The number of benzene rings is 1. The number of rotatable bonds is 4. The summed E-state index contributed by atoms with van der Waals surface area (Å²) in [5.74, 6) is 0.693. The van der Waals surface area contributed by atoms with Crippen molar-refractivity contribution >= 4 is 10.9 Å². The number of aromatic nitrogens is 1. The van der Waals surface area contributed by atoms with Crippen molar-refractivity contribution in [3.63, 3.8) is 0 Å². The molecule has 0 bridgehead atoms. The van der Waals surface area contributed by atoms with Gasteiger partial charge < -0.3 is 14.6 Å². The average Bonchev–Trinajstić information content (AvgIpc) is 2.77. The van der Waals surface area contributed by atoms with E-state index in [0.29, 0.717) is 5.92 Å². The van der Waals surface area contributed by atoms with Gasteiger partial charge >= 0.3 is 0 Å². The van der Waals surface area contributed by atoms with Crippen molar-refractivity contribution in [3.05, 3.63) is 35.5 Å². The van der Waals surface area contributed by atoms with Crippen molar-refractivity contribution in [2.45, 2.75) is 26.3 Å². The fourth-order valence-electron chi connectivity index (χ4n) is 3.22. The second kappa shape index (κ2) is 5.98. The fourth-order valence-corrected chi connectivity index (χ4v) is 3.22. The standard InChI is InChI=1S/C17H24N2O/c1-13-15-7-3-4-8-16(15)18-17(13)11-19(2)10-14-6-5-9-20-12-14/h3-4,7-8,14,18H,5-6,9-12H2,1-2H3/t14-/m0/s1.